The first-order chi connectivity index (χ1) is 10.6. The molecule has 1 aromatic heterocycles. The number of piperazine rings is 1. The van der Waals surface area contributed by atoms with Gasteiger partial charge in [0.05, 0.1) is 4.92 Å². The highest BCUT2D eigenvalue weighted by atomic mass is 16.6. The molecular formula is C14H24N6O2. The Morgan fingerprint density at radius 2 is 2.00 bits per heavy atom. The van der Waals surface area contributed by atoms with Crippen LogP contribution < -0.4 is 10.2 Å². The van der Waals surface area contributed by atoms with Crippen molar-refractivity contribution in [2.75, 3.05) is 42.9 Å². The summed E-state index contributed by atoms with van der Waals surface area (Å²) in [6, 6.07) is 0.124. The second-order valence-corrected chi connectivity index (χ2v) is 5.53. The van der Waals surface area contributed by atoms with Crippen molar-refractivity contribution in [2.24, 2.45) is 0 Å². The fraction of sp³-hybridized carbons (Fsp3) is 0.714. The van der Waals surface area contributed by atoms with E-state index in [4.69, 9.17) is 0 Å². The van der Waals surface area contributed by atoms with Crippen LogP contribution in [0.2, 0.25) is 0 Å². The maximum Gasteiger partial charge on any atom is 0.353 e. The predicted octanol–water partition coefficient (Wildman–Crippen LogP) is 1.74. The fourth-order valence-corrected chi connectivity index (χ4v) is 2.49. The van der Waals surface area contributed by atoms with Gasteiger partial charge in [-0.2, -0.15) is 0 Å². The fourth-order valence-electron chi connectivity index (χ4n) is 2.49. The van der Waals surface area contributed by atoms with E-state index in [0.29, 0.717) is 11.6 Å². The molecule has 0 saturated carbocycles. The summed E-state index contributed by atoms with van der Waals surface area (Å²) in [5.41, 5.74) is -0.0206. The van der Waals surface area contributed by atoms with E-state index in [1.807, 2.05) is 18.7 Å². The summed E-state index contributed by atoms with van der Waals surface area (Å²) in [4.78, 5) is 23.7. The Morgan fingerprint density at radius 1 is 1.32 bits per heavy atom. The molecular weight excluding hydrogens is 284 g/mol. The van der Waals surface area contributed by atoms with Crippen LogP contribution in [0.25, 0.3) is 0 Å². The van der Waals surface area contributed by atoms with Crippen molar-refractivity contribution in [1.29, 1.82) is 0 Å². The third kappa shape index (κ3) is 3.62. The number of rotatable bonds is 6. The van der Waals surface area contributed by atoms with E-state index in [9.17, 15) is 10.1 Å². The SMILES string of the molecule is CCC(C)Nc1ncnc(N2CCN(CC)CC2)c1[N+](=O)[O-]. The molecule has 2 heterocycles. The molecule has 1 atom stereocenters. The normalized spacial score (nSPS) is 17.3. The van der Waals surface area contributed by atoms with Gasteiger partial charge in [0.15, 0.2) is 0 Å². The molecule has 8 nitrogen and oxygen atoms in total. The zero-order chi connectivity index (χ0) is 16.1. The summed E-state index contributed by atoms with van der Waals surface area (Å²) in [6.07, 6.45) is 2.27. The minimum atomic E-state index is -0.383. The van der Waals surface area contributed by atoms with Gasteiger partial charge in [-0.1, -0.05) is 13.8 Å². The Kier molecular flexibility index (Phi) is 5.48. The van der Waals surface area contributed by atoms with Crippen LogP contribution in [0.15, 0.2) is 6.33 Å². The molecule has 1 unspecified atom stereocenters. The molecule has 1 saturated heterocycles. The Hall–Kier alpha value is -1.96. The van der Waals surface area contributed by atoms with Crippen LogP contribution in [0.3, 0.4) is 0 Å². The third-order valence-corrected chi connectivity index (χ3v) is 4.10. The average Bonchev–Trinajstić information content (AvgIpc) is 2.54. The summed E-state index contributed by atoms with van der Waals surface area (Å²) in [7, 11) is 0. The minimum Gasteiger partial charge on any atom is -0.362 e. The summed E-state index contributed by atoms with van der Waals surface area (Å²) >= 11 is 0. The van der Waals surface area contributed by atoms with Gasteiger partial charge in [-0.25, -0.2) is 9.97 Å². The van der Waals surface area contributed by atoms with E-state index in [1.54, 1.807) is 0 Å². The van der Waals surface area contributed by atoms with Gasteiger partial charge in [0.1, 0.15) is 6.33 Å². The van der Waals surface area contributed by atoms with Gasteiger partial charge in [0, 0.05) is 32.2 Å². The van der Waals surface area contributed by atoms with Crippen LogP contribution in [0.1, 0.15) is 27.2 Å². The number of aromatic nitrogens is 2. The lowest BCUT2D eigenvalue weighted by atomic mass is 10.2. The van der Waals surface area contributed by atoms with Gasteiger partial charge < -0.3 is 15.1 Å². The van der Waals surface area contributed by atoms with Crippen molar-refractivity contribution in [1.82, 2.24) is 14.9 Å². The number of nitro groups is 1. The van der Waals surface area contributed by atoms with Crippen molar-refractivity contribution in [3.05, 3.63) is 16.4 Å². The third-order valence-electron chi connectivity index (χ3n) is 4.10. The predicted molar refractivity (Wildman–Crippen MR) is 86.4 cm³/mol. The van der Waals surface area contributed by atoms with Gasteiger partial charge in [0.25, 0.3) is 0 Å². The first-order valence-electron chi connectivity index (χ1n) is 7.80. The molecule has 1 aromatic rings. The molecule has 0 radical (unpaired) electrons. The van der Waals surface area contributed by atoms with Crippen LogP contribution in [-0.4, -0.2) is 58.6 Å². The van der Waals surface area contributed by atoms with Crippen LogP contribution in [0.5, 0.6) is 0 Å². The van der Waals surface area contributed by atoms with Gasteiger partial charge in [0.2, 0.25) is 11.6 Å². The number of hydrogen-bond donors (Lipinski definition) is 1. The molecule has 1 fully saturated rings. The lowest BCUT2D eigenvalue weighted by Gasteiger charge is -2.34. The van der Waals surface area contributed by atoms with Gasteiger partial charge in [-0.3, -0.25) is 10.1 Å². The number of hydrogen-bond acceptors (Lipinski definition) is 7. The average molecular weight is 308 g/mol. The Bertz CT molecular complexity index is 516. The molecule has 0 amide bonds. The second kappa shape index (κ2) is 7.35. The smallest absolute Gasteiger partial charge is 0.353 e. The first kappa shape index (κ1) is 16.4. The van der Waals surface area contributed by atoms with Crippen molar-refractivity contribution >= 4 is 17.3 Å². The molecule has 22 heavy (non-hydrogen) atoms. The summed E-state index contributed by atoms with van der Waals surface area (Å²) < 4.78 is 0. The Balaban J connectivity index is 2.27. The molecule has 0 spiro atoms. The molecule has 0 aromatic carbocycles. The zero-order valence-electron chi connectivity index (χ0n) is 13.4. The standard InChI is InChI=1S/C14H24N6O2/c1-4-11(3)17-13-12(20(21)22)14(16-10-15-13)19-8-6-18(5-2)7-9-19/h10-11H,4-9H2,1-3H3,(H,15,16,17). The minimum absolute atomic E-state index is 0.0206. The molecule has 0 aliphatic carbocycles. The van der Waals surface area contributed by atoms with Crippen LogP contribution in [0.4, 0.5) is 17.3 Å². The van der Waals surface area contributed by atoms with Crippen molar-refractivity contribution in [3.63, 3.8) is 0 Å². The van der Waals surface area contributed by atoms with Crippen molar-refractivity contribution in [2.45, 2.75) is 33.2 Å². The molecule has 1 aliphatic rings. The largest absolute Gasteiger partial charge is 0.362 e. The first-order valence-corrected chi connectivity index (χ1v) is 7.80. The highest BCUT2D eigenvalue weighted by Crippen LogP contribution is 2.32. The lowest BCUT2D eigenvalue weighted by Crippen LogP contribution is -2.46. The van der Waals surface area contributed by atoms with E-state index in [1.165, 1.54) is 6.33 Å². The summed E-state index contributed by atoms with van der Waals surface area (Å²) in [6.45, 7) is 10.4. The van der Waals surface area contributed by atoms with Gasteiger partial charge in [-0.15, -0.1) is 0 Å². The highest BCUT2D eigenvalue weighted by molar-refractivity contribution is 5.70. The Labute approximate surface area is 130 Å². The summed E-state index contributed by atoms with van der Waals surface area (Å²) in [5, 5.41) is 14.6. The molecule has 1 aliphatic heterocycles. The zero-order valence-corrected chi connectivity index (χ0v) is 13.4. The number of nitrogens with zero attached hydrogens (tertiary/aromatic N) is 5. The van der Waals surface area contributed by atoms with E-state index >= 15 is 0 Å². The maximum absolute atomic E-state index is 11.5. The number of nitrogens with one attached hydrogen (secondary N) is 1. The maximum atomic E-state index is 11.5. The lowest BCUT2D eigenvalue weighted by molar-refractivity contribution is -0.383. The number of likely N-dealkylation sites (N-methyl/N-ethyl adjacent to an activating group) is 1. The van der Waals surface area contributed by atoms with Crippen LogP contribution in [-0.2, 0) is 0 Å². The second-order valence-electron chi connectivity index (χ2n) is 5.53. The Morgan fingerprint density at radius 3 is 2.55 bits per heavy atom. The van der Waals surface area contributed by atoms with E-state index < -0.39 is 0 Å². The highest BCUT2D eigenvalue weighted by Gasteiger charge is 2.29. The van der Waals surface area contributed by atoms with Crippen LogP contribution >= 0.6 is 0 Å². The van der Waals surface area contributed by atoms with E-state index in [0.717, 1.165) is 39.1 Å². The molecule has 122 valence electrons. The quantitative estimate of drug-likeness (QED) is 0.632. The van der Waals surface area contributed by atoms with Gasteiger partial charge in [-0.05, 0) is 19.9 Å². The van der Waals surface area contributed by atoms with Crippen LogP contribution in [0, 0.1) is 10.1 Å². The molecule has 2 rings (SSSR count). The molecule has 8 heteroatoms. The monoisotopic (exact) mass is 308 g/mol. The molecule has 1 N–H and O–H groups in total. The van der Waals surface area contributed by atoms with Crippen molar-refractivity contribution < 1.29 is 4.92 Å². The van der Waals surface area contributed by atoms with Crippen molar-refractivity contribution in [3.8, 4) is 0 Å². The number of anilines is 2. The topological polar surface area (TPSA) is 87.4 Å². The molecule has 0 bridgehead atoms. The van der Waals surface area contributed by atoms with Gasteiger partial charge >= 0.3 is 5.69 Å². The van der Waals surface area contributed by atoms with E-state index in [2.05, 4.69) is 27.1 Å². The van der Waals surface area contributed by atoms with E-state index in [-0.39, 0.29) is 16.7 Å². The summed E-state index contributed by atoms with van der Waals surface area (Å²) in [5.74, 6) is 0.726.